The number of imidazole rings is 1. The molecule has 0 spiro atoms. The second-order valence-electron chi connectivity index (χ2n) is 9.73. The number of carbonyl (C=O) groups is 2. The van der Waals surface area contributed by atoms with Crippen molar-refractivity contribution in [2.24, 2.45) is 0 Å². The molecule has 3 N–H and O–H groups in total. The van der Waals surface area contributed by atoms with Gasteiger partial charge in [0.2, 0.25) is 0 Å². The Morgan fingerprint density at radius 1 is 1.12 bits per heavy atom. The highest BCUT2D eigenvalue weighted by molar-refractivity contribution is 6.23. The van der Waals surface area contributed by atoms with Gasteiger partial charge in [-0.3, -0.25) is 4.79 Å². The van der Waals surface area contributed by atoms with E-state index in [2.05, 4.69) is 17.2 Å². The van der Waals surface area contributed by atoms with Gasteiger partial charge in [-0.15, -0.1) is 11.6 Å². The number of hydrogen-bond acceptors (Lipinski definition) is 5. The number of nitrogens with zero attached hydrogens (tertiary/aromatic N) is 1. The normalized spacial score (nSPS) is 17.3. The minimum absolute atomic E-state index is 0.127. The summed E-state index contributed by atoms with van der Waals surface area (Å²) in [5, 5.41) is 12.5. The summed E-state index contributed by atoms with van der Waals surface area (Å²) in [6.45, 7) is 2.07. The number of H-pyrrole nitrogens is 1. The lowest BCUT2D eigenvalue weighted by Gasteiger charge is -2.27. The lowest BCUT2D eigenvalue weighted by atomic mass is 9.81. The number of carbonyl (C=O) groups excluding carboxylic acids is 2. The van der Waals surface area contributed by atoms with E-state index in [4.69, 9.17) is 21.3 Å². The van der Waals surface area contributed by atoms with E-state index in [1.807, 2.05) is 48.6 Å². The second kappa shape index (κ2) is 11.8. The van der Waals surface area contributed by atoms with Gasteiger partial charge in [0, 0.05) is 23.1 Å². The quantitative estimate of drug-likeness (QED) is 0.166. The van der Waals surface area contributed by atoms with E-state index in [1.54, 1.807) is 36.4 Å². The molecule has 0 saturated carbocycles. The maximum Gasteiger partial charge on any atom is 0.338 e. The van der Waals surface area contributed by atoms with Crippen LogP contribution >= 0.6 is 11.6 Å². The topological polar surface area (TPSA) is 104 Å². The van der Waals surface area contributed by atoms with Crippen LogP contribution in [0.5, 0.6) is 5.75 Å². The molecular formula is C32H30ClN3O4. The van der Waals surface area contributed by atoms with Crippen LogP contribution < -0.4 is 5.32 Å². The van der Waals surface area contributed by atoms with Crippen LogP contribution in [0, 0.1) is 0 Å². The van der Waals surface area contributed by atoms with Crippen LogP contribution in [0.1, 0.15) is 69.4 Å². The maximum absolute atomic E-state index is 13.4. The first kappa shape index (κ1) is 27.2. The first-order valence-corrected chi connectivity index (χ1v) is 13.6. The molecule has 1 aliphatic rings. The number of aromatic amines is 1. The van der Waals surface area contributed by atoms with Crippen LogP contribution in [0.15, 0.2) is 85.0 Å². The molecule has 40 heavy (non-hydrogen) atoms. The number of ether oxygens (including phenoxy) is 1. The minimum Gasteiger partial charge on any atom is -0.508 e. The van der Waals surface area contributed by atoms with E-state index in [9.17, 15) is 14.7 Å². The fourth-order valence-corrected chi connectivity index (χ4v) is 5.50. The van der Waals surface area contributed by atoms with E-state index in [0.29, 0.717) is 28.0 Å². The number of methoxy groups -OCH3 is 1. The Balaban J connectivity index is 1.51. The van der Waals surface area contributed by atoms with Crippen molar-refractivity contribution in [3.8, 4) is 5.75 Å². The largest absolute Gasteiger partial charge is 0.508 e. The summed E-state index contributed by atoms with van der Waals surface area (Å²) in [4.78, 5) is 34.4. The predicted molar refractivity (Wildman–Crippen MR) is 157 cm³/mol. The molecule has 7 nitrogen and oxygen atoms in total. The third-order valence-electron chi connectivity index (χ3n) is 7.10. The van der Waals surface area contributed by atoms with Crippen LogP contribution in [0.4, 0.5) is 0 Å². The monoisotopic (exact) mass is 555 g/mol. The molecule has 5 rings (SSSR count). The van der Waals surface area contributed by atoms with Gasteiger partial charge in [0.05, 0.1) is 35.1 Å². The number of esters is 1. The molecule has 1 unspecified atom stereocenters. The third kappa shape index (κ3) is 5.51. The van der Waals surface area contributed by atoms with Gasteiger partial charge in [-0.1, -0.05) is 68.0 Å². The lowest BCUT2D eigenvalue weighted by Crippen LogP contribution is -2.29. The van der Waals surface area contributed by atoms with Gasteiger partial charge in [0.1, 0.15) is 11.6 Å². The molecule has 0 radical (unpaired) electrons. The molecule has 0 bridgehead atoms. The number of phenolic OH excluding ortho intramolecular Hbond substituents is 1. The Bertz CT molecular complexity index is 1610. The first-order chi connectivity index (χ1) is 19.4. The van der Waals surface area contributed by atoms with E-state index in [1.165, 1.54) is 7.11 Å². The van der Waals surface area contributed by atoms with Crippen molar-refractivity contribution >= 4 is 40.1 Å². The molecule has 1 amide bonds. The number of alkyl halides is 1. The van der Waals surface area contributed by atoms with Crippen molar-refractivity contribution in [2.75, 3.05) is 7.11 Å². The highest BCUT2D eigenvalue weighted by Gasteiger charge is 2.32. The summed E-state index contributed by atoms with van der Waals surface area (Å²) >= 11 is 6.84. The molecule has 4 aromatic rings. The zero-order valence-electron chi connectivity index (χ0n) is 22.2. The van der Waals surface area contributed by atoms with Gasteiger partial charge < -0.3 is 20.1 Å². The second-order valence-corrected chi connectivity index (χ2v) is 10.2. The van der Waals surface area contributed by atoms with Gasteiger partial charge >= 0.3 is 5.97 Å². The Hall–Kier alpha value is -4.36. The minimum atomic E-state index is -0.565. The number of halogens is 1. The number of phenols is 1. The van der Waals surface area contributed by atoms with Gasteiger partial charge in [-0.05, 0) is 41.8 Å². The van der Waals surface area contributed by atoms with Crippen LogP contribution in [-0.2, 0) is 4.74 Å². The van der Waals surface area contributed by atoms with Crippen LogP contribution in [0.3, 0.4) is 0 Å². The molecule has 1 aliphatic carbocycles. The molecule has 204 valence electrons. The number of benzene rings is 3. The number of aromatic hydroxyl groups is 1. The number of aromatic nitrogens is 2. The Labute approximate surface area is 237 Å². The van der Waals surface area contributed by atoms with Crippen molar-refractivity contribution in [1.82, 2.24) is 15.3 Å². The number of fused-ring (bicyclic) bond motifs is 1. The fourth-order valence-electron chi connectivity index (χ4n) is 5.14. The van der Waals surface area contributed by atoms with Gasteiger partial charge in [-0.2, -0.15) is 0 Å². The summed E-state index contributed by atoms with van der Waals surface area (Å²) in [6, 6.07) is 19.6. The maximum atomic E-state index is 13.4. The standard InChI is InChI=1S/C32H30ClN3O4/c1-3-8-26(19-9-5-4-6-10-19)36-31(38)20-13-15-22(24(17-20)32(39)40-2)29-23(11-7-12-25(29)33)30-34-27-16-14-21(37)18-28(27)35-30/h4-7,9-18,25-26,29,37H,3,8H2,1-2H3,(H,34,35)(H,36,38)/t25-,26+,29?/m0/s1. The van der Waals surface area contributed by atoms with Crippen molar-refractivity contribution in [3.63, 3.8) is 0 Å². The van der Waals surface area contributed by atoms with E-state index >= 15 is 0 Å². The molecule has 1 aromatic heterocycles. The predicted octanol–water partition coefficient (Wildman–Crippen LogP) is 6.67. The highest BCUT2D eigenvalue weighted by Crippen LogP contribution is 2.41. The van der Waals surface area contributed by atoms with Crippen LogP contribution in [0.25, 0.3) is 16.6 Å². The van der Waals surface area contributed by atoms with E-state index in [0.717, 1.165) is 24.0 Å². The van der Waals surface area contributed by atoms with Crippen molar-refractivity contribution in [1.29, 1.82) is 0 Å². The highest BCUT2D eigenvalue weighted by atomic mass is 35.5. The molecule has 3 atom stereocenters. The van der Waals surface area contributed by atoms with Gasteiger partial charge in [0.25, 0.3) is 5.91 Å². The number of allylic oxidation sites excluding steroid dienone is 4. The summed E-state index contributed by atoms with van der Waals surface area (Å²) in [7, 11) is 1.31. The summed E-state index contributed by atoms with van der Waals surface area (Å²) in [5.41, 5.74) is 4.39. The van der Waals surface area contributed by atoms with Gasteiger partial charge in [-0.25, -0.2) is 9.78 Å². The summed E-state index contributed by atoms with van der Waals surface area (Å²) in [6.07, 6.45) is 7.28. The molecule has 0 fully saturated rings. The van der Waals surface area contributed by atoms with Crippen molar-refractivity contribution in [3.05, 3.63) is 113 Å². The zero-order chi connectivity index (χ0) is 28.2. The molecule has 8 heteroatoms. The average molecular weight is 556 g/mol. The van der Waals surface area contributed by atoms with Crippen molar-refractivity contribution < 1.29 is 19.4 Å². The average Bonchev–Trinajstić information content (AvgIpc) is 3.39. The van der Waals surface area contributed by atoms with Crippen LogP contribution in [0.2, 0.25) is 0 Å². The molecule has 0 saturated heterocycles. The number of nitrogens with one attached hydrogen (secondary N) is 2. The van der Waals surface area contributed by atoms with E-state index in [-0.39, 0.29) is 23.3 Å². The zero-order valence-corrected chi connectivity index (χ0v) is 23.0. The summed E-state index contributed by atoms with van der Waals surface area (Å²) in [5.74, 6) is -0.599. The molecule has 1 heterocycles. The number of hydrogen-bond donors (Lipinski definition) is 3. The van der Waals surface area contributed by atoms with Gasteiger partial charge in [0.15, 0.2) is 0 Å². The van der Waals surface area contributed by atoms with Crippen LogP contribution in [-0.4, -0.2) is 39.4 Å². The first-order valence-electron chi connectivity index (χ1n) is 13.2. The SMILES string of the molecule is CCC[C@@H](NC(=O)c1ccc(C2C(c3nc4ccc(O)cc4[nH]3)=CC=C[C@@H]2Cl)c(C(=O)OC)c1)c1ccccc1. The Morgan fingerprint density at radius 3 is 2.67 bits per heavy atom. The molecule has 3 aromatic carbocycles. The smallest absolute Gasteiger partial charge is 0.338 e. The fraction of sp³-hybridized carbons (Fsp3) is 0.219. The number of amides is 1. The molecule has 0 aliphatic heterocycles. The number of rotatable bonds is 8. The third-order valence-corrected chi connectivity index (χ3v) is 7.50. The van der Waals surface area contributed by atoms with E-state index < -0.39 is 17.3 Å². The Morgan fingerprint density at radius 2 is 1.93 bits per heavy atom. The van der Waals surface area contributed by atoms with Crippen molar-refractivity contribution in [2.45, 2.75) is 37.1 Å². The molecular weight excluding hydrogens is 526 g/mol. The summed E-state index contributed by atoms with van der Waals surface area (Å²) < 4.78 is 5.13. The Kier molecular flexibility index (Phi) is 8.03. The lowest BCUT2D eigenvalue weighted by molar-refractivity contribution is 0.0599.